The van der Waals surface area contributed by atoms with Crippen molar-refractivity contribution in [3.05, 3.63) is 58.9 Å². The molecule has 2 aromatic rings. The van der Waals surface area contributed by atoms with Gasteiger partial charge in [0, 0.05) is 22.9 Å². The highest BCUT2D eigenvalue weighted by atomic mass is 19.4. The van der Waals surface area contributed by atoms with Crippen LogP contribution in [0.5, 0.6) is 5.75 Å². The lowest BCUT2D eigenvalue weighted by atomic mass is 9.97. The van der Waals surface area contributed by atoms with Crippen LogP contribution in [0.1, 0.15) is 30.5 Å². The molecule has 0 spiro atoms. The van der Waals surface area contributed by atoms with E-state index in [-0.39, 0.29) is 5.56 Å². The molecule has 2 aromatic carbocycles. The minimum atomic E-state index is -4.79. The molecule has 3 nitrogen and oxygen atoms in total. The number of nitrogen functional groups attached to an aromatic ring is 1. The summed E-state index contributed by atoms with van der Waals surface area (Å²) in [5.41, 5.74) is 4.84. The van der Waals surface area contributed by atoms with Crippen LogP contribution >= 0.6 is 0 Å². The van der Waals surface area contributed by atoms with Crippen LogP contribution in [0.4, 0.5) is 23.2 Å². The van der Waals surface area contributed by atoms with Gasteiger partial charge in [-0.1, -0.05) is 0 Å². The number of benzene rings is 2. The second-order valence-corrected chi connectivity index (χ2v) is 5.96. The van der Waals surface area contributed by atoms with Gasteiger partial charge in [-0.3, -0.25) is 0 Å². The standard InChI is InChI=1S/C17H14F4N2O/c1-16(2)23-15(11-5-4-10(22)8-14(11)24-16)9-3-6-13(18)12(7-9)17(19,20)21/h3-8H,22H2,1-2H3. The number of rotatable bonds is 1. The molecular formula is C17H14F4N2O. The third-order valence-electron chi connectivity index (χ3n) is 3.55. The molecule has 2 N–H and O–H groups in total. The first-order valence-electron chi connectivity index (χ1n) is 7.13. The summed E-state index contributed by atoms with van der Waals surface area (Å²) >= 11 is 0. The zero-order valence-corrected chi connectivity index (χ0v) is 12.9. The molecule has 126 valence electrons. The highest BCUT2D eigenvalue weighted by molar-refractivity contribution is 6.15. The van der Waals surface area contributed by atoms with Crippen LogP contribution in [-0.2, 0) is 6.18 Å². The molecule has 24 heavy (non-hydrogen) atoms. The number of anilines is 1. The van der Waals surface area contributed by atoms with Crippen molar-refractivity contribution in [3.63, 3.8) is 0 Å². The number of hydrogen-bond acceptors (Lipinski definition) is 3. The van der Waals surface area contributed by atoms with Gasteiger partial charge in [-0.05, 0) is 44.2 Å². The zero-order chi connectivity index (χ0) is 17.7. The highest BCUT2D eigenvalue weighted by Gasteiger charge is 2.35. The van der Waals surface area contributed by atoms with Crippen molar-refractivity contribution in [1.29, 1.82) is 0 Å². The van der Waals surface area contributed by atoms with Crippen molar-refractivity contribution in [2.24, 2.45) is 4.99 Å². The molecular weight excluding hydrogens is 324 g/mol. The van der Waals surface area contributed by atoms with E-state index < -0.39 is 23.3 Å². The van der Waals surface area contributed by atoms with Gasteiger partial charge >= 0.3 is 6.18 Å². The number of halogens is 4. The Morgan fingerprint density at radius 3 is 2.46 bits per heavy atom. The van der Waals surface area contributed by atoms with Crippen LogP contribution < -0.4 is 10.5 Å². The van der Waals surface area contributed by atoms with Crippen molar-refractivity contribution >= 4 is 11.4 Å². The van der Waals surface area contributed by atoms with Gasteiger partial charge in [-0.2, -0.15) is 13.2 Å². The molecule has 0 fully saturated rings. The molecule has 7 heteroatoms. The first-order valence-corrected chi connectivity index (χ1v) is 7.13. The van der Waals surface area contributed by atoms with E-state index in [0.29, 0.717) is 22.7 Å². The second kappa shape index (κ2) is 5.22. The smallest absolute Gasteiger partial charge is 0.419 e. The predicted molar refractivity (Wildman–Crippen MR) is 82.6 cm³/mol. The summed E-state index contributed by atoms with van der Waals surface area (Å²) in [6.07, 6.45) is -4.79. The van der Waals surface area contributed by atoms with Gasteiger partial charge < -0.3 is 10.5 Å². The first-order chi connectivity index (χ1) is 11.1. The molecule has 1 aliphatic rings. The van der Waals surface area contributed by atoms with Crippen LogP contribution in [-0.4, -0.2) is 11.4 Å². The molecule has 0 atom stereocenters. The van der Waals surface area contributed by atoms with E-state index in [2.05, 4.69) is 4.99 Å². The number of nitrogens with zero attached hydrogens (tertiary/aromatic N) is 1. The summed E-state index contributed by atoms with van der Waals surface area (Å²) < 4.78 is 58.2. The fraction of sp³-hybridized carbons (Fsp3) is 0.235. The lowest BCUT2D eigenvalue weighted by Crippen LogP contribution is -2.32. The van der Waals surface area contributed by atoms with E-state index in [9.17, 15) is 17.6 Å². The van der Waals surface area contributed by atoms with Crippen LogP contribution in [0, 0.1) is 5.82 Å². The molecule has 0 amide bonds. The lowest BCUT2D eigenvalue weighted by molar-refractivity contribution is -0.140. The predicted octanol–water partition coefficient (Wildman–Crippen LogP) is 4.39. The van der Waals surface area contributed by atoms with Crippen molar-refractivity contribution in [2.45, 2.75) is 25.7 Å². The molecule has 0 aromatic heterocycles. The Labute approximate surface area is 135 Å². The maximum absolute atomic E-state index is 13.5. The number of fused-ring (bicyclic) bond motifs is 1. The molecule has 0 saturated carbocycles. The highest BCUT2D eigenvalue weighted by Crippen LogP contribution is 2.36. The van der Waals surface area contributed by atoms with E-state index in [1.165, 1.54) is 6.07 Å². The number of aliphatic imine (C=N–C) groups is 1. The Kier molecular flexibility index (Phi) is 3.55. The minimum Gasteiger partial charge on any atom is -0.466 e. The maximum atomic E-state index is 13.5. The molecule has 0 radical (unpaired) electrons. The number of hydrogen-bond donors (Lipinski definition) is 1. The molecule has 1 heterocycles. The number of nitrogens with two attached hydrogens (primary N) is 1. The third kappa shape index (κ3) is 2.93. The Hall–Kier alpha value is -2.57. The van der Waals surface area contributed by atoms with Crippen molar-refractivity contribution in [2.75, 3.05) is 5.73 Å². The minimum absolute atomic E-state index is 0.158. The van der Waals surface area contributed by atoms with Crippen LogP contribution in [0.3, 0.4) is 0 Å². The van der Waals surface area contributed by atoms with E-state index >= 15 is 0 Å². The average Bonchev–Trinajstić information content (AvgIpc) is 2.44. The monoisotopic (exact) mass is 338 g/mol. The van der Waals surface area contributed by atoms with E-state index in [1.807, 2.05) is 0 Å². The molecule has 0 saturated heterocycles. The van der Waals surface area contributed by atoms with Crippen LogP contribution in [0.25, 0.3) is 0 Å². The quantitative estimate of drug-likeness (QED) is 0.619. The SMILES string of the molecule is CC1(C)N=C(c2ccc(F)c(C(F)(F)F)c2)c2ccc(N)cc2O1. The normalized spacial score (nSPS) is 16.2. The fourth-order valence-corrected chi connectivity index (χ4v) is 2.55. The maximum Gasteiger partial charge on any atom is 0.419 e. The van der Waals surface area contributed by atoms with Crippen LogP contribution in [0.15, 0.2) is 41.4 Å². The molecule has 3 rings (SSSR count). The summed E-state index contributed by atoms with van der Waals surface area (Å²) in [4.78, 5) is 4.37. The van der Waals surface area contributed by atoms with Gasteiger partial charge in [0.2, 0.25) is 0 Å². The molecule has 0 unspecified atom stereocenters. The van der Waals surface area contributed by atoms with Gasteiger partial charge in [0.25, 0.3) is 0 Å². The zero-order valence-electron chi connectivity index (χ0n) is 12.9. The van der Waals surface area contributed by atoms with E-state index in [1.54, 1.807) is 32.0 Å². The van der Waals surface area contributed by atoms with Gasteiger partial charge in [-0.25, -0.2) is 9.38 Å². The van der Waals surface area contributed by atoms with Gasteiger partial charge in [0.1, 0.15) is 11.6 Å². The van der Waals surface area contributed by atoms with Crippen molar-refractivity contribution < 1.29 is 22.3 Å². The summed E-state index contributed by atoms with van der Waals surface area (Å²) in [5, 5.41) is 0. The van der Waals surface area contributed by atoms with Gasteiger partial charge in [0.15, 0.2) is 5.72 Å². The molecule has 1 aliphatic heterocycles. The summed E-state index contributed by atoms with van der Waals surface area (Å²) in [5.74, 6) is -0.904. The second-order valence-electron chi connectivity index (χ2n) is 5.96. The Morgan fingerprint density at radius 1 is 1.08 bits per heavy atom. The Morgan fingerprint density at radius 2 is 1.79 bits per heavy atom. The topological polar surface area (TPSA) is 47.6 Å². The number of alkyl halides is 3. The van der Waals surface area contributed by atoms with E-state index in [0.717, 1.165) is 12.1 Å². The van der Waals surface area contributed by atoms with Crippen LogP contribution in [0.2, 0.25) is 0 Å². The number of ether oxygens (including phenoxy) is 1. The van der Waals surface area contributed by atoms with Crippen molar-refractivity contribution in [3.8, 4) is 5.75 Å². The summed E-state index contributed by atoms with van der Waals surface area (Å²) in [6.45, 7) is 3.35. The molecule has 0 aliphatic carbocycles. The van der Waals surface area contributed by atoms with Gasteiger partial charge in [0.05, 0.1) is 11.3 Å². The fourth-order valence-electron chi connectivity index (χ4n) is 2.55. The van der Waals surface area contributed by atoms with Gasteiger partial charge in [-0.15, -0.1) is 0 Å². The lowest BCUT2D eigenvalue weighted by Gasteiger charge is -2.30. The summed E-state index contributed by atoms with van der Waals surface area (Å²) in [7, 11) is 0. The van der Waals surface area contributed by atoms with E-state index in [4.69, 9.17) is 10.5 Å². The first kappa shape index (κ1) is 16.3. The third-order valence-corrected chi connectivity index (χ3v) is 3.55. The Balaban J connectivity index is 2.20. The average molecular weight is 338 g/mol. The molecule has 0 bridgehead atoms. The Bertz CT molecular complexity index is 841. The largest absolute Gasteiger partial charge is 0.466 e. The summed E-state index contributed by atoms with van der Waals surface area (Å²) in [6, 6.07) is 7.63. The van der Waals surface area contributed by atoms with Crippen molar-refractivity contribution in [1.82, 2.24) is 0 Å².